The quantitative estimate of drug-likeness (QED) is 0.636. The molecule has 0 radical (unpaired) electrons. The molecule has 2 amide bonds. The van der Waals surface area contributed by atoms with Crippen LogP contribution in [0.2, 0.25) is 0 Å². The molecule has 0 heterocycles. The first kappa shape index (κ1) is 22.0. The molecule has 0 fully saturated rings. The van der Waals surface area contributed by atoms with Crippen LogP contribution >= 0.6 is 11.8 Å². The van der Waals surface area contributed by atoms with E-state index < -0.39 is 6.04 Å². The van der Waals surface area contributed by atoms with E-state index in [2.05, 4.69) is 11.4 Å². The van der Waals surface area contributed by atoms with Gasteiger partial charge in [0.15, 0.2) is 0 Å². The van der Waals surface area contributed by atoms with Crippen LogP contribution in [0.5, 0.6) is 0 Å². The van der Waals surface area contributed by atoms with Crippen LogP contribution in [0.15, 0.2) is 59.5 Å². The largest absolute Gasteiger partial charge is 0.352 e. The minimum absolute atomic E-state index is 0.0397. The molecule has 150 valence electrons. The number of benzene rings is 2. The fourth-order valence-electron chi connectivity index (χ4n) is 2.80. The molecule has 2 aromatic carbocycles. The maximum absolute atomic E-state index is 13.0. The van der Waals surface area contributed by atoms with Crippen molar-refractivity contribution in [2.75, 3.05) is 5.75 Å². The average Bonchev–Trinajstić information content (AvgIpc) is 2.70. The highest BCUT2D eigenvalue weighted by Gasteiger charge is 2.26. The zero-order valence-electron chi connectivity index (χ0n) is 17.1. The van der Waals surface area contributed by atoms with Crippen LogP contribution in [0.1, 0.15) is 38.3 Å². The zero-order valence-corrected chi connectivity index (χ0v) is 18.0. The molecule has 2 rings (SSSR count). The van der Waals surface area contributed by atoms with E-state index in [4.69, 9.17) is 0 Å². The summed E-state index contributed by atoms with van der Waals surface area (Å²) in [5.41, 5.74) is 2.17. The lowest BCUT2D eigenvalue weighted by atomic mass is 10.1. The Hall–Kier alpha value is -2.27. The summed E-state index contributed by atoms with van der Waals surface area (Å²) in [7, 11) is 0. The molecule has 0 aliphatic heterocycles. The molecule has 2 atom stereocenters. The number of nitrogens with zero attached hydrogens (tertiary/aromatic N) is 1. The van der Waals surface area contributed by atoms with Crippen LogP contribution < -0.4 is 5.32 Å². The molecule has 0 spiro atoms. The molecule has 4 nitrogen and oxygen atoms in total. The second-order valence-corrected chi connectivity index (χ2v) is 8.16. The monoisotopic (exact) mass is 398 g/mol. The molecule has 0 bridgehead atoms. The Kier molecular flexibility index (Phi) is 8.58. The molecule has 0 saturated heterocycles. The SMILES string of the molecule is CCC(C)NC(=O)C(C)N(Cc1cccc(C)c1)C(=O)CSc1ccccc1. The maximum Gasteiger partial charge on any atom is 0.242 e. The lowest BCUT2D eigenvalue weighted by Gasteiger charge is -2.29. The molecule has 0 saturated carbocycles. The predicted molar refractivity (Wildman–Crippen MR) is 116 cm³/mol. The Morgan fingerprint density at radius 3 is 2.43 bits per heavy atom. The molecule has 0 aliphatic carbocycles. The molecular formula is C23H30N2O2S. The van der Waals surface area contributed by atoms with Crippen molar-refractivity contribution in [3.8, 4) is 0 Å². The lowest BCUT2D eigenvalue weighted by Crippen LogP contribution is -2.50. The summed E-state index contributed by atoms with van der Waals surface area (Å²) < 4.78 is 0. The van der Waals surface area contributed by atoms with E-state index in [1.165, 1.54) is 11.8 Å². The molecule has 2 aromatic rings. The van der Waals surface area contributed by atoms with Crippen molar-refractivity contribution in [2.45, 2.75) is 57.6 Å². The molecule has 0 aliphatic rings. The molecule has 28 heavy (non-hydrogen) atoms. The number of aryl methyl sites for hydroxylation is 1. The van der Waals surface area contributed by atoms with Gasteiger partial charge < -0.3 is 10.2 Å². The van der Waals surface area contributed by atoms with Crippen molar-refractivity contribution in [1.82, 2.24) is 10.2 Å². The van der Waals surface area contributed by atoms with Gasteiger partial charge in [-0.05, 0) is 44.9 Å². The third-order valence-corrected chi connectivity index (χ3v) is 5.71. The zero-order chi connectivity index (χ0) is 20.5. The second kappa shape index (κ2) is 10.9. The van der Waals surface area contributed by atoms with Crippen LogP contribution in [0.25, 0.3) is 0 Å². The average molecular weight is 399 g/mol. The highest BCUT2D eigenvalue weighted by atomic mass is 32.2. The van der Waals surface area contributed by atoms with Crippen molar-refractivity contribution in [1.29, 1.82) is 0 Å². The number of hydrogen-bond acceptors (Lipinski definition) is 3. The van der Waals surface area contributed by atoms with Gasteiger partial charge in [0.25, 0.3) is 0 Å². The van der Waals surface area contributed by atoms with Gasteiger partial charge in [-0.1, -0.05) is 55.0 Å². The Morgan fingerprint density at radius 2 is 1.79 bits per heavy atom. The van der Waals surface area contributed by atoms with Gasteiger partial charge in [-0.2, -0.15) is 0 Å². The molecule has 1 N–H and O–H groups in total. The number of carbonyl (C=O) groups is 2. The topological polar surface area (TPSA) is 49.4 Å². The number of hydrogen-bond donors (Lipinski definition) is 1. The summed E-state index contributed by atoms with van der Waals surface area (Å²) in [6.45, 7) is 8.26. The van der Waals surface area contributed by atoms with Gasteiger partial charge in [0.05, 0.1) is 5.75 Å². The Bertz CT molecular complexity index is 779. The highest BCUT2D eigenvalue weighted by molar-refractivity contribution is 8.00. The highest BCUT2D eigenvalue weighted by Crippen LogP contribution is 2.19. The summed E-state index contributed by atoms with van der Waals surface area (Å²) in [5.74, 6) is 0.152. The first-order valence-corrected chi connectivity index (χ1v) is 10.7. The first-order valence-electron chi connectivity index (χ1n) is 9.74. The number of carbonyl (C=O) groups excluding carboxylic acids is 2. The Morgan fingerprint density at radius 1 is 1.07 bits per heavy atom. The van der Waals surface area contributed by atoms with Crippen LogP contribution in [0, 0.1) is 6.92 Å². The van der Waals surface area contributed by atoms with E-state index in [0.717, 1.165) is 22.4 Å². The summed E-state index contributed by atoms with van der Waals surface area (Å²) in [6, 6.07) is 17.5. The minimum atomic E-state index is -0.529. The number of rotatable bonds is 9. The van der Waals surface area contributed by atoms with E-state index in [9.17, 15) is 9.59 Å². The van der Waals surface area contributed by atoms with Crippen molar-refractivity contribution in [3.63, 3.8) is 0 Å². The molecular weight excluding hydrogens is 368 g/mol. The van der Waals surface area contributed by atoms with E-state index in [1.807, 2.05) is 69.3 Å². The summed E-state index contributed by atoms with van der Waals surface area (Å²) in [6.07, 6.45) is 0.855. The fourth-order valence-corrected chi connectivity index (χ4v) is 3.61. The van der Waals surface area contributed by atoms with Crippen molar-refractivity contribution < 1.29 is 9.59 Å². The van der Waals surface area contributed by atoms with Crippen LogP contribution in [0.3, 0.4) is 0 Å². The molecule has 5 heteroatoms. The third-order valence-electron chi connectivity index (χ3n) is 4.71. The van der Waals surface area contributed by atoms with Crippen LogP contribution in [-0.4, -0.2) is 34.6 Å². The van der Waals surface area contributed by atoms with Crippen LogP contribution in [-0.2, 0) is 16.1 Å². The van der Waals surface area contributed by atoms with Gasteiger partial charge in [-0.3, -0.25) is 9.59 Å². The van der Waals surface area contributed by atoms with E-state index in [1.54, 1.807) is 11.8 Å². The lowest BCUT2D eigenvalue weighted by molar-refractivity contribution is -0.138. The third kappa shape index (κ3) is 6.71. The smallest absolute Gasteiger partial charge is 0.242 e. The molecule has 2 unspecified atom stereocenters. The summed E-state index contributed by atoms with van der Waals surface area (Å²) >= 11 is 1.50. The molecule has 0 aromatic heterocycles. The van der Waals surface area contributed by atoms with Gasteiger partial charge in [-0.15, -0.1) is 11.8 Å². The van der Waals surface area contributed by atoms with Crippen molar-refractivity contribution in [2.24, 2.45) is 0 Å². The number of nitrogens with one attached hydrogen (secondary N) is 1. The van der Waals surface area contributed by atoms with Gasteiger partial charge in [0, 0.05) is 17.5 Å². The first-order chi connectivity index (χ1) is 13.4. The van der Waals surface area contributed by atoms with E-state index >= 15 is 0 Å². The van der Waals surface area contributed by atoms with Gasteiger partial charge in [0.1, 0.15) is 6.04 Å². The number of thioether (sulfide) groups is 1. The normalized spacial score (nSPS) is 12.9. The maximum atomic E-state index is 13.0. The summed E-state index contributed by atoms with van der Waals surface area (Å²) in [4.78, 5) is 28.4. The minimum Gasteiger partial charge on any atom is -0.352 e. The van der Waals surface area contributed by atoms with Gasteiger partial charge in [0.2, 0.25) is 11.8 Å². The predicted octanol–water partition coefficient (Wildman–Crippen LogP) is 4.42. The Labute approximate surface area is 172 Å². The van der Waals surface area contributed by atoms with Crippen molar-refractivity contribution in [3.05, 3.63) is 65.7 Å². The summed E-state index contributed by atoms with van der Waals surface area (Å²) in [5, 5.41) is 3.00. The van der Waals surface area contributed by atoms with Crippen LogP contribution in [0.4, 0.5) is 0 Å². The standard InChI is InChI=1S/C23H30N2O2S/c1-5-18(3)24-23(27)19(4)25(15-20-11-9-10-17(2)14-20)22(26)16-28-21-12-7-6-8-13-21/h6-14,18-19H,5,15-16H2,1-4H3,(H,24,27). The van der Waals surface area contributed by atoms with E-state index in [-0.39, 0.29) is 17.9 Å². The van der Waals surface area contributed by atoms with E-state index in [0.29, 0.717) is 12.3 Å². The van der Waals surface area contributed by atoms with Gasteiger partial charge >= 0.3 is 0 Å². The second-order valence-electron chi connectivity index (χ2n) is 7.11. The number of amides is 2. The van der Waals surface area contributed by atoms with Gasteiger partial charge in [-0.25, -0.2) is 0 Å². The Balaban J connectivity index is 2.14. The van der Waals surface area contributed by atoms with Crippen molar-refractivity contribution >= 4 is 23.6 Å². The fraction of sp³-hybridized carbons (Fsp3) is 0.391.